The maximum Gasteiger partial charge on any atom is 0.338 e. The molecule has 1 heterocycles. The third-order valence-corrected chi connectivity index (χ3v) is 3.76. The van der Waals surface area contributed by atoms with E-state index < -0.39 is 0 Å². The molecule has 0 saturated carbocycles. The molecule has 0 aromatic heterocycles. The molecule has 1 atom stereocenters. The Hall–Kier alpha value is -1.36. The lowest BCUT2D eigenvalue weighted by Crippen LogP contribution is -2.30. The van der Waals surface area contributed by atoms with Gasteiger partial charge in [-0.05, 0) is 31.0 Å². The van der Waals surface area contributed by atoms with Crippen LogP contribution >= 0.6 is 15.9 Å². The van der Waals surface area contributed by atoms with Gasteiger partial charge in [0.25, 0.3) is 0 Å². The van der Waals surface area contributed by atoms with Crippen molar-refractivity contribution in [3.8, 4) is 0 Å². The van der Waals surface area contributed by atoms with Gasteiger partial charge in [-0.1, -0.05) is 22.0 Å². The van der Waals surface area contributed by atoms with Gasteiger partial charge in [0.2, 0.25) is 5.91 Å². The first-order valence-corrected chi connectivity index (χ1v) is 6.58. The maximum atomic E-state index is 11.8. The van der Waals surface area contributed by atoms with Gasteiger partial charge in [-0.25, -0.2) is 4.79 Å². The van der Waals surface area contributed by atoms with E-state index in [0.29, 0.717) is 12.0 Å². The highest BCUT2D eigenvalue weighted by molar-refractivity contribution is 9.10. The summed E-state index contributed by atoms with van der Waals surface area (Å²) >= 11 is 3.37. The number of carbonyl (C=O) groups excluding carboxylic acids is 2. The summed E-state index contributed by atoms with van der Waals surface area (Å²) < 4.78 is 6.06. The fraction of sp³-hybridized carbons (Fsp3) is 0.385. The SMILES string of the molecule is Cc1ccc(C(=O)OC[C@@H]2CCC(=O)N2)cc1Br. The van der Waals surface area contributed by atoms with E-state index in [1.54, 1.807) is 12.1 Å². The number of carbonyl (C=O) groups is 2. The van der Waals surface area contributed by atoms with Crippen LogP contribution in [0.25, 0.3) is 0 Å². The van der Waals surface area contributed by atoms with E-state index in [9.17, 15) is 9.59 Å². The van der Waals surface area contributed by atoms with Crippen molar-refractivity contribution in [1.82, 2.24) is 5.32 Å². The van der Waals surface area contributed by atoms with Crippen LogP contribution in [0.4, 0.5) is 0 Å². The minimum atomic E-state index is -0.364. The molecular weight excluding hydrogens is 298 g/mol. The van der Waals surface area contributed by atoms with Crippen molar-refractivity contribution < 1.29 is 14.3 Å². The standard InChI is InChI=1S/C13H14BrNO3/c1-8-2-3-9(6-11(8)14)13(17)18-7-10-4-5-12(16)15-10/h2-3,6,10H,4-5,7H2,1H3,(H,15,16)/t10-/m0/s1. The monoisotopic (exact) mass is 311 g/mol. The van der Waals surface area contributed by atoms with E-state index in [2.05, 4.69) is 21.2 Å². The molecule has 1 aromatic rings. The topological polar surface area (TPSA) is 55.4 Å². The van der Waals surface area contributed by atoms with E-state index in [0.717, 1.165) is 16.5 Å². The van der Waals surface area contributed by atoms with Gasteiger partial charge in [-0.2, -0.15) is 0 Å². The molecule has 0 aliphatic carbocycles. The molecule has 4 nitrogen and oxygen atoms in total. The third-order valence-electron chi connectivity index (χ3n) is 2.91. The Labute approximate surface area is 114 Å². The maximum absolute atomic E-state index is 11.8. The summed E-state index contributed by atoms with van der Waals surface area (Å²) in [6, 6.07) is 5.29. The van der Waals surface area contributed by atoms with Crippen molar-refractivity contribution in [3.05, 3.63) is 33.8 Å². The van der Waals surface area contributed by atoms with Crippen LogP contribution in [0, 0.1) is 6.92 Å². The largest absolute Gasteiger partial charge is 0.460 e. The van der Waals surface area contributed by atoms with Crippen molar-refractivity contribution in [3.63, 3.8) is 0 Å². The first kappa shape index (κ1) is 13.1. The van der Waals surface area contributed by atoms with Gasteiger partial charge < -0.3 is 10.1 Å². The number of rotatable bonds is 3. The van der Waals surface area contributed by atoms with Gasteiger partial charge in [0.15, 0.2) is 0 Å². The molecule has 1 aromatic carbocycles. The predicted octanol–water partition coefficient (Wildman–Crippen LogP) is 2.19. The molecule has 0 bridgehead atoms. The zero-order chi connectivity index (χ0) is 13.1. The molecule has 1 fully saturated rings. The van der Waals surface area contributed by atoms with Gasteiger partial charge in [0.1, 0.15) is 6.61 Å². The first-order valence-electron chi connectivity index (χ1n) is 5.79. The number of esters is 1. The second-order valence-electron chi connectivity index (χ2n) is 4.37. The van der Waals surface area contributed by atoms with Gasteiger partial charge in [0.05, 0.1) is 11.6 Å². The van der Waals surface area contributed by atoms with Crippen LogP contribution in [-0.4, -0.2) is 24.5 Å². The quantitative estimate of drug-likeness (QED) is 0.871. The minimum Gasteiger partial charge on any atom is -0.460 e. The van der Waals surface area contributed by atoms with Crippen molar-refractivity contribution in [2.75, 3.05) is 6.61 Å². The summed E-state index contributed by atoms with van der Waals surface area (Å²) in [5.41, 5.74) is 1.58. The molecule has 0 spiro atoms. The number of ether oxygens (including phenoxy) is 1. The van der Waals surface area contributed by atoms with Crippen LogP contribution in [0.3, 0.4) is 0 Å². The second-order valence-corrected chi connectivity index (χ2v) is 5.22. The first-order chi connectivity index (χ1) is 8.56. The highest BCUT2D eigenvalue weighted by Crippen LogP contribution is 2.18. The Morgan fingerprint density at radius 3 is 2.94 bits per heavy atom. The van der Waals surface area contributed by atoms with E-state index >= 15 is 0 Å². The van der Waals surface area contributed by atoms with Crippen LogP contribution in [0.2, 0.25) is 0 Å². The van der Waals surface area contributed by atoms with Crippen LogP contribution < -0.4 is 5.32 Å². The van der Waals surface area contributed by atoms with Crippen molar-refractivity contribution in [2.24, 2.45) is 0 Å². The fourth-order valence-corrected chi connectivity index (χ4v) is 2.16. The average molecular weight is 312 g/mol. The van der Waals surface area contributed by atoms with Crippen LogP contribution in [0.5, 0.6) is 0 Å². The average Bonchev–Trinajstić information content (AvgIpc) is 2.75. The van der Waals surface area contributed by atoms with Crippen LogP contribution in [0.1, 0.15) is 28.8 Å². The van der Waals surface area contributed by atoms with Crippen LogP contribution in [0.15, 0.2) is 22.7 Å². The van der Waals surface area contributed by atoms with E-state index in [1.165, 1.54) is 0 Å². The summed E-state index contributed by atoms with van der Waals surface area (Å²) in [5.74, 6) is -0.342. The van der Waals surface area contributed by atoms with Gasteiger partial charge >= 0.3 is 5.97 Å². The Morgan fingerprint density at radius 2 is 2.33 bits per heavy atom. The van der Waals surface area contributed by atoms with E-state index in [1.807, 2.05) is 13.0 Å². The molecule has 96 valence electrons. The van der Waals surface area contributed by atoms with Crippen LogP contribution in [-0.2, 0) is 9.53 Å². The number of nitrogens with one attached hydrogen (secondary N) is 1. The summed E-state index contributed by atoms with van der Waals surface area (Å²) in [7, 11) is 0. The molecule has 18 heavy (non-hydrogen) atoms. The Morgan fingerprint density at radius 1 is 1.56 bits per heavy atom. The lowest BCUT2D eigenvalue weighted by atomic mass is 10.1. The van der Waals surface area contributed by atoms with E-state index in [-0.39, 0.29) is 24.5 Å². The Bertz CT molecular complexity index is 487. The Balaban J connectivity index is 1.91. The molecule has 0 radical (unpaired) electrons. The number of hydrogen-bond donors (Lipinski definition) is 1. The highest BCUT2D eigenvalue weighted by atomic mass is 79.9. The molecule has 1 amide bonds. The number of hydrogen-bond acceptors (Lipinski definition) is 3. The number of aryl methyl sites for hydroxylation is 1. The zero-order valence-corrected chi connectivity index (χ0v) is 11.6. The minimum absolute atomic E-state index is 0.0223. The summed E-state index contributed by atoms with van der Waals surface area (Å²) in [6.45, 7) is 2.18. The summed E-state index contributed by atoms with van der Waals surface area (Å²) in [5, 5.41) is 2.76. The lowest BCUT2D eigenvalue weighted by Gasteiger charge is -2.11. The van der Waals surface area contributed by atoms with Gasteiger partial charge in [0, 0.05) is 10.9 Å². The zero-order valence-electron chi connectivity index (χ0n) is 10.0. The molecule has 1 saturated heterocycles. The number of halogens is 1. The van der Waals surface area contributed by atoms with E-state index in [4.69, 9.17) is 4.74 Å². The lowest BCUT2D eigenvalue weighted by molar-refractivity contribution is -0.119. The van der Waals surface area contributed by atoms with Crippen molar-refractivity contribution in [1.29, 1.82) is 0 Å². The van der Waals surface area contributed by atoms with Crippen molar-refractivity contribution in [2.45, 2.75) is 25.8 Å². The fourth-order valence-electron chi connectivity index (χ4n) is 1.78. The highest BCUT2D eigenvalue weighted by Gasteiger charge is 2.22. The molecule has 1 aliphatic rings. The molecule has 1 N–H and O–H groups in total. The second kappa shape index (κ2) is 5.52. The summed E-state index contributed by atoms with van der Waals surface area (Å²) in [6.07, 6.45) is 1.24. The predicted molar refractivity (Wildman–Crippen MR) is 70.3 cm³/mol. The van der Waals surface area contributed by atoms with Gasteiger partial charge in [-0.15, -0.1) is 0 Å². The van der Waals surface area contributed by atoms with Gasteiger partial charge in [-0.3, -0.25) is 4.79 Å². The Kier molecular flexibility index (Phi) is 4.01. The summed E-state index contributed by atoms with van der Waals surface area (Å²) in [4.78, 5) is 22.8. The molecule has 5 heteroatoms. The number of amides is 1. The normalized spacial score (nSPS) is 18.6. The molecule has 0 unspecified atom stereocenters. The third kappa shape index (κ3) is 3.10. The smallest absolute Gasteiger partial charge is 0.338 e. The molecular formula is C13H14BrNO3. The molecule has 1 aliphatic heterocycles. The molecule has 2 rings (SSSR count). The number of benzene rings is 1. The van der Waals surface area contributed by atoms with Crippen molar-refractivity contribution >= 4 is 27.8 Å².